The summed E-state index contributed by atoms with van der Waals surface area (Å²) < 4.78 is 23.8. The molecule has 5 heteroatoms. The second kappa shape index (κ2) is 5.17. The van der Waals surface area contributed by atoms with E-state index >= 15 is 0 Å². The highest BCUT2D eigenvalue weighted by molar-refractivity contribution is 7.92. The van der Waals surface area contributed by atoms with Gasteiger partial charge in [0.15, 0.2) is 9.84 Å². The third-order valence-electron chi connectivity index (χ3n) is 2.32. The van der Waals surface area contributed by atoms with Crippen molar-refractivity contribution in [3.05, 3.63) is 28.8 Å². The van der Waals surface area contributed by atoms with Gasteiger partial charge in [-0.05, 0) is 38.0 Å². The fraction of sp³-hybridized carbons (Fsp3) is 0.455. The van der Waals surface area contributed by atoms with E-state index in [1.54, 1.807) is 26.0 Å². The highest BCUT2D eigenvalue weighted by atomic mass is 35.5. The Morgan fingerprint density at radius 3 is 2.44 bits per heavy atom. The van der Waals surface area contributed by atoms with E-state index in [0.717, 1.165) is 5.56 Å². The van der Waals surface area contributed by atoms with Gasteiger partial charge in [-0.3, -0.25) is 0 Å². The van der Waals surface area contributed by atoms with Gasteiger partial charge in [0.05, 0.1) is 15.2 Å². The predicted octanol–water partition coefficient (Wildman–Crippen LogP) is 2.06. The van der Waals surface area contributed by atoms with Gasteiger partial charge in [0.25, 0.3) is 0 Å². The van der Waals surface area contributed by atoms with Crippen LogP contribution >= 0.6 is 11.6 Å². The number of rotatable bonds is 4. The lowest BCUT2D eigenvalue weighted by Gasteiger charge is -2.10. The van der Waals surface area contributed by atoms with Gasteiger partial charge >= 0.3 is 0 Å². The van der Waals surface area contributed by atoms with Crippen molar-refractivity contribution in [1.82, 2.24) is 0 Å². The molecule has 0 amide bonds. The van der Waals surface area contributed by atoms with Crippen LogP contribution in [0.25, 0.3) is 0 Å². The highest BCUT2D eigenvalue weighted by Crippen LogP contribution is 2.26. The monoisotopic (exact) mass is 262 g/mol. The van der Waals surface area contributed by atoms with E-state index in [9.17, 15) is 8.42 Å². The summed E-state index contributed by atoms with van der Waals surface area (Å²) >= 11 is 5.93. The van der Waals surface area contributed by atoms with Crippen LogP contribution in [0.15, 0.2) is 23.1 Å². The normalized spacial score (nSPS) is 12.1. The molecule has 1 aromatic carbocycles. The molecule has 1 rings (SSSR count). The van der Waals surface area contributed by atoms with Crippen LogP contribution in [0.4, 0.5) is 0 Å². The number of aliphatic hydroxyl groups is 1. The van der Waals surface area contributed by atoms with Crippen molar-refractivity contribution in [3.8, 4) is 0 Å². The zero-order chi connectivity index (χ0) is 12.3. The van der Waals surface area contributed by atoms with E-state index in [2.05, 4.69) is 0 Å². The summed E-state index contributed by atoms with van der Waals surface area (Å²) in [5.74, 6) is 0. The summed E-state index contributed by atoms with van der Waals surface area (Å²) in [6.45, 7) is 3.26. The molecule has 0 aliphatic heterocycles. The van der Waals surface area contributed by atoms with E-state index in [4.69, 9.17) is 16.7 Å². The van der Waals surface area contributed by atoms with Crippen LogP contribution in [0.5, 0.6) is 0 Å². The first kappa shape index (κ1) is 13.5. The number of hydrogen-bond acceptors (Lipinski definition) is 3. The van der Waals surface area contributed by atoms with Crippen molar-refractivity contribution in [3.63, 3.8) is 0 Å². The van der Waals surface area contributed by atoms with Crippen molar-refractivity contribution < 1.29 is 13.5 Å². The van der Waals surface area contributed by atoms with Gasteiger partial charge in [0.2, 0.25) is 0 Å². The number of hydrogen-bond donors (Lipinski definition) is 1. The molecule has 0 heterocycles. The first-order valence-electron chi connectivity index (χ1n) is 5.02. The summed E-state index contributed by atoms with van der Waals surface area (Å²) in [6.07, 6.45) is 0.474. The van der Waals surface area contributed by atoms with Crippen molar-refractivity contribution in [1.29, 1.82) is 0 Å². The molecular formula is C11H15ClO3S. The van der Waals surface area contributed by atoms with Crippen LogP contribution in [0.2, 0.25) is 5.02 Å². The minimum Gasteiger partial charge on any atom is -0.396 e. The molecule has 0 aromatic heterocycles. The Balaban J connectivity index is 3.19. The lowest BCUT2D eigenvalue weighted by molar-refractivity contribution is 0.299. The number of aliphatic hydroxyl groups excluding tert-OH is 1. The van der Waals surface area contributed by atoms with Crippen molar-refractivity contribution in [2.75, 3.05) is 6.61 Å². The molecule has 90 valence electrons. The van der Waals surface area contributed by atoms with Crippen molar-refractivity contribution in [2.24, 2.45) is 0 Å². The van der Waals surface area contributed by atoms with Gasteiger partial charge in [-0.1, -0.05) is 17.7 Å². The second-order valence-electron chi connectivity index (χ2n) is 3.83. The van der Waals surface area contributed by atoms with Gasteiger partial charge in [-0.25, -0.2) is 8.42 Å². The van der Waals surface area contributed by atoms with Crippen LogP contribution in [-0.4, -0.2) is 25.4 Å². The predicted molar refractivity (Wildman–Crippen MR) is 64.6 cm³/mol. The van der Waals surface area contributed by atoms with Gasteiger partial charge in [0, 0.05) is 6.61 Å². The third kappa shape index (κ3) is 2.75. The van der Waals surface area contributed by atoms with Gasteiger partial charge < -0.3 is 5.11 Å². The molecule has 16 heavy (non-hydrogen) atoms. The summed E-state index contributed by atoms with van der Waals surface area (Å²) in [7, 11) is -3.33. The molecule has 0 atom stereocenters. The molecule has 1 aromatic rings. The SMILES string of the molecule is CC(C)S(=O)(=O)c1ccc(CCO)cc1Cl. The zero-order valence-electron chi connectivity index (χ0n) is 9.27. The van der Waals surface area contributed by atoms with Crippen LogP contribution in [0.1, 0.15) is 19.4 Å². The molecule has 0 radical (unpaired) electrons. The first-order chi connectivity index (χ1) is 7.39. The Labute approximate surface area is 101 Å². The summed E-state index contributed by atoms with van der Waals surface area (Å²) in [5.41, 5.74) is 0.829. The fourth-order valence-electron chi connectivity index (χ4n) is 1.31. The maximum Gasteiger partial charge on any atom is 0.182 e. The number of halogens is 1. The first-order valence-corrected chi connectivity index (χ1v) is 6.95. The molecule has 0 saturated heterocycles. The molecule has 0 bridgehead atoms. The molecule has 0 aliphatic carbocycles. The van der Waals surface area contributed by atoms with Crippen LogP contribution < -0.4 is 0 Å². The lowest BCUT2D eigenvalue weighted by Crippen LogP contribution is -2.14. The van der Waals surface area contributed by atoms with Crippen LogP contribution in [-0.2, 0) is 16.3 Å². The van der Waals surface area contributed by atoms with E-state index in [1.165, 1.54) is 6.07 Å². The zero-order valence-corrected chi connectivity index (χ0v) is 10.8. The maximum atomic E-state index is 11.9. The van der Waals surface area contributed by atoms with Gasteiger partial charge in [-0.15, -0.1) is 0 Å². The summed E-state index contributed by atoms with van der Waals surface area (Å²) in [4.78, 5) is 0.158. The van der Waals surface area contributed by atoms with E-state index in [1.807, 2.05) is 0 Å². The Kier molecular flexibility index (Phi) is 4.35. The number of sulfone groups is 1. The van der Waals surface area contributed by atoms with E-state index in [-0.39, 0.29) is 16.5 Å². The number of benzene rings is 1. The largest absolute Gasteiger partial charge is 0.396 e. The molecule has 3 nitrogen and oxygen atoms in total. The lowest BCUT2D eigenvalue weighted by atomic mass is 10.2. The van der Waals surface area contributed by atoms with E-state index in [0.29, 0.717) is 6.42 Å². The van der Waals surface area contributed by atoms with Crippen LogP contribution in [0.3, 0.4) is 0 Å². The summed E-state index contributed by atoms with van der Waals surface area (Å²) in [5, 5.41) is 8.50. The standard InChI is InChI=1S/C11H15ClO3S/c1-8(2)16(14,15)11-4-3-9(5-6-13)7-10(11)12/h3-4,7-8,13H,5-6H2,1-2H3. The van der Waals surface area contributed by atoms with Crippen LogP contribution in [0, 0.1) is 0 Å². The van der Waals surface area contributed by atoms with E-state index < -0.39 is 15.1 Å². The van der Waals surface area contributed by atoms with Crippen molar-refractivity contribution >= 4 is 21.4 Å². The maximum absolute atomic E-state index is 11.9. The molecule has 0 saturated carbocycles. The Hall–Kier alpha value is -0.580. The van der Waals surface area contributed by atoms with Gasteiger partial charge in [-0.2, -0.15) is 0 Å². The average Bonchev–Trinajstić information content (AvgIpc) is 2.17. The van der Waals surface area contributed by atoms with Gasteiger partial charge in [0.1, 0.15) is 0 Å². The molecule has 0 unspecified atom stereocenters. The third-order valence-corrected chi connectivity index (χ3v) is 4.96. The second-order valence-corrected chi connectivity index (χ2v) is 6.71. The minimum atomic E-state index is -3.33. The molecule has 1 N–H and O–H groups in total. The highest BCUT2D eigenvalue weighted by Gasteiger charge is 2.21. The van der Waals surface area contributed by atoms with Crippen molar-refractivity contribution in [2.45, 2.75) is 30.4 Å². The average molecular weight is 263 g/mol. The fourth-order valence-corrected chi connectivity index (χ4v) is 2.94. The Bertz CT molecular complexity index is 466. The minimum absolute atomic E-state index is 0.0204. The topological polar surface area (TPSA) is 54.4 Å². The summed E-state index contributed by atoms with van der Waals surface area (Å²) in [6, 6.07) is 4.77. The molecule has 0 spiro atoms. The Morgan fingerprint density at radius 2 is 2.00 bits per heavy atom. The Morgan fingerprint density at radius 1 is 1.38 bits per heavy atom. The smallest absolute Gasteiger partial charge is 0.182 e. The quantitative estimate of drug-likeness (QED) is 0.904. The molecular weight excluding hydrogens is 248 g/mol. The molecule has 0 fully saturated rings. The molecule has 0 aliphatic rings.